The molecular formula is C24H37N2O9P. The Bertz CT molecular complexity index is 1020. The number of nitro groups is 1. The summed E-state index contributed by atoms with van der Waals surface area (Å²) in [4.78, 5) is 36.7. The third-order valence-corrected chi connectivity index (χ3v) is 7.09. The van der Waals surface area contributed by atoms with E-state index in [1.165, 1.54) is 11.0 Å². The summed E-state index contributed by atoms with van der Waals surface area (Å²) in [5, 5.41) is 20.8. The predicted octanol–water partition coefficient (Wildman–Crippen LogP) is 5.42. The molecule has 1 aromatic carbocycles. The van der Waals surface area contributed by atoms with Crippen molar-refractivity contribution in [2.24, 2.45) is 0 Å². The number of hydrogen-bond acceptors (Lipinski definition) is 8. The third-order valence-electron chi connectivity index (χ3n) is 5.05. The van der Waals surface area contributed by atoms with Crippen LogP contribution in [0.5, 0.6) is 0 Å². The van der Waals surface area contributed by atoms with E-state index in [-0.39, 0.29) is 42.8 Å². The molecule has 2 rings (SSSR count). The van der Waals surface area contributed by atoms with Gasteiger partial charge in [-0.3, -0.25) is 33.3 Å². The topological polar surface area (TPSA) is 146 Å². The highest BCUT2D eigenvalue weighted by Crippen LogP contribution is 2.55. The van der Waals surface area contributed by atoms with Gasteiger partial charge in [0.05, 0.1) is 29.2 Å². The van der Waals surface area contributed by atoms with E-state index in [4.69, 9.17) is 18.7 Å². The van der Waals surface area contributed by atoms with Gasteiger partial charge in [-0.15, -0.1) is 0 Å². The zero-order chi connectivity index (χ0) is 27.5. The first kappa shape index (κ1) is 29.9. The van der Waals surface area contributed by atoms with Gasteiger partial charge in [-0.25, -0.2) is 4.57 Å². The van der Waals surface area contributed by atoms with Crippen LogP contribution >= 0.6 is 7.82 Å². The molecule has 0 fully saturated rings. The molecular weight excluding hydrogens is 491 g/mol. The zero-order valence-electron chi connectivity index (χ0n) is 22.0. The molecule has 1 unspecified atom stereocenters. The van der Waals surface area contributed by atoms with E-state index in [0.717, 1.165) is 0 Å². The van der Waals surface area contributed by atoms with Crippen LogP contribution in [0.1, 0.15) is 78.9 Å². The SMILES string of the molecule is CC1Cc2cc(CC(=O)O)cc([N+](=O)[O-])c2N1C(=O)CCCCOP(=O)(OC(C)(C)C)OC(C)(C)C. The fourth-order valence-corrected chi connectivity index (χ4v) is 5.85. The van der Waals surface area contributed by atoms with E-state index in [0.29, 0.717) is 30.4 Å². The first-order valence-electron chi connectivity index (χ1n) is 11.9. The Balaban J connectivity index is 2.05. The Morgan fingerprint density at radius 3 is 2.22 bits per heavy atom. The molecule has 1 heterocycles. The van der Waals surface area contributed by atoms with Gasteiger partial charge in [0.1, 0.15) is 5.69 Å². The lowest BCUT2D eigenvalue weighted by molar-refractivity contribution is -0.384. The molecule has 0 aliphatic carbocycles. The first-order valence-corrected chi connectivity index (χ1v) is 13.4. The molecule has 36 heavy (non-hydrogen) atoms. The molecule has 202 valence electrons. The number of rotatable bonds is 11. The molecule has 1 N–H and O–H groups in total. The van der Waals surface area contributed by atoms with Crippen LogP contribution in [0.25, 0.3) is 0 Å². The van der Waals surface area contributed by atoms with Crippen LogP contribution < -0.4 is 4.90 Å². The molecule has 0 spiro atoms. The number of fused-ring (bicyclic) bond motifs is 1. The van der Waals surface area contributed by atoms with E-state index in [1.807, 2.05) is 0 Å². The van der Waals surface area contributed by atoms with Crippen LogP contribution in [0.4, 0.5) is 11.4 Å². The molecule has 0 saturated heterocycles. The Morgan fingerprint density at radius 1 is 1.14 bits per heavy atom. The Morgan fingerprint density at radius 2 is 1.72 bits per heavy atom. The smallest absolute Gasteiger partial charge is 0.475 e. The van der Waals surface area contributed by atoms with Crippen molar-refractivity contribution in [3.8, 4) is 0 Å². The number of hydrogen-bond donors (Lipinski definition) is 1. The van der Waals surface area contributed by atoms with Gasteiger partial charge in [-0.1, -0.05) is 6.07 Å². The van der Waals surface area contributed by atoms with E-state index < -0.39 is 29.9 Å². The highest BCUT2D eigenvalue weighted by Gasteiger charge is 2.38. The molecule has 11 nitrogen and oxygen atoms in total. The van der Waals surface area contributed by atoms with Crippen molar-refractivity contribution in [1.29, 1.82) is 0 Å². The Labute approximate surface area is 211 Å². The van der Waals surface area contributed by atoms with Gasteiger partial charge >= 0.3 is 13.8 Å². The number of nitro benzene ring substituents is 1. The molecule has 1 aromatic rings. The number of phosphoric acid groups is 1. The van der Waals surface area contributed by atoms with Crippen LogP contribution in [0.2, 0.25) is 0 Å². The van der Waals surface area contributed by atoms with Gasteiger partial charge in [-0.05, 0) is 78.9 Å². The lowest BCUT2D eigenvalue weighted by Crippen LogP contribution is -2.35. The number of carboxylic acid groups (broad SMARTS) is 1. The quantitative estimate of drug-likeness (QED) is 0.172. The lowest BCUT2D eigenvalue weighted by atomic mass is 10.0. The summed E-state index contributed by atoms with van der Waals surface area (Å²) in [5.74, 6) is -1.37. The Kier molecular flexibility index (Phi) is 9.45. The highest BCUT2D eigenvalue weighted by atomic mass is 31.2. The van der Waals surface area contributed by atoms with Crippen molar-refractivity contribution in [3.05, 3.63) is 33.4 Å². The molecule has 12 heteroatoms. The van der Waals surface area contributed by atoms with Crippen LogP contribution in [0.3, 0.4) is 0 Å². The van der Waals surface area contributed by atoms with Crippen molar-refractivity contribution in [2.75, 3.05) is 11.5 Å². The number of benzene rings is 1. The van der Waals surface area contributed by atoms with Gasteiger partial charge in [0, 0.05) is 18.5 Å². The normalized spacial score (nSPS) is 16.2. The fraction of sp³-hybridized carbons (Fsp3) is 0.667. The molecule has 0 bridgehead atoms. The maximum absolute atomic E-state index is 13.1. The predicted molar refractivity (Wildman–Crippen MR) is 134 cm³/mol. The van der Waals surface area contributed by atoms with Crippen molar-refractivity contribution >= 4 is 31.1 Å². The number of phosphoric ester groups is 1. The van der Waals surface area contributed by atoms with E-state index in [9.17, 15) is 24.3 Å². The van der Waals surface area contributed by atoms with Crippen LogP contribution in [0.15, 0.2) is 12.1 Å². The Hall–Kier alpha value is -2.33. The summed E-state index contributed by atoms with van der Waals surface area (Å²) in [6.07, 6.45) is 0.957. The van der Waals surface area contributed by atoms with Crippen molar-refractivity contribution in [2.45, 2.75) is 97.8 Å². The minimum atomic E-state index is -3.85. The number of amides is 1. The maximum Gasteiger partial charge on any atom is 0.475 e. The summed E-state index contributed by atoms with van der Waals surface area (Å²) in [6, 6.07) is 2.54. The summed E-state index contributed by atoms with van der Waals surface area (Å²) in [7, 11) is -3.85. The zero-order valence-corrected chi connectivity index (χ0v) is 22.9. The van der Waals surface area contributed by atoms with Crippen LogP contribution in [0, 0.1) is 10.1 Å². The van der Waals surface area contributed by atoms with E-state index in [2.05, 4.69) is 0 Å². The molecule has 0 radical (unpaired) electrons. The van der Waals surface area contributed by atoms with Crippen LogP contribution in [-0.4, -0.2) is 45.8 Å². The molecule has 0 saturated carbocycles. The second-order valence-electron chi connectivity index (χ2n) is 10.9. The second kappa shape index (κ2) is 11.4. The van der Waals surface area contributed by atoms with Crippen LogP contribution in [-0.2, 0) is 40.6 Å². The average Bonchev–Trinajstić information content (AvgIpc) is 2.98. The van der Waals surface area contributed by atoms with Crippen molar-refractivity contribution in [1.82, 2.24) is 0 Å². The summed E-state index contributed by atoms with van der Waals surface area (Å²) < 4.78 is 29.7. The molecule has 1 aliphatic rings. The number of carbonyl (C=O) groups is 2. The number of nitrogens with zero attached hydrogens (tertiary/aromatic N) is 2. The number of aliphatic carboxylic acids is 1. The number of anilines is 1. The molecule has 1 aliphatic heterocycles. The van der Waals surface area contributed by atoms with Gasteiger partial charge in [0.25, 0.3) is 5.69 Å². The number of unbranched alkanes of at least 4 members (excludes halogenated alkanes) is 1. The monoisotopic (exact) mass is 528 g/mol. The largest absolute Gasteiger partial charge is 0.481 e. The fourth-order valence-electron chi connectivity index (χ4n) is 4.01. The standard InChI is InChI=1S/C24H37N2O9P/c1-16-12-18-13-17(15-21(28)29)14-19(26(30)31)22(18)25(16)20(27)10-8-9-11-33-36(32,34-23(2,3)4)35-24(5,6)7/h13-14,16H,8-12,15H2,1-7H3,(H,28,29). The number of carboxylic acids is 1. The summed E-state index contributed by atoms with van der Waals surface area (Å²) >= 11 is 0. The van der Waals surface area contributed by atoms with Crippen molar-refractivity contribution < 1.29 is 37.8 Å². The average molecular weight is 529 g/mol. The first-order chi connectivity index (χ1) is 16.4. The third kappa shape index (κ3) is 8.65. The van der Waals surface area contributed by atoms with Gasteiger partial charge in [-0.2, -0.15) is 0 Å². The maximum atomic E-state index is 13.1. The second-order valence-corrected chi connectivity index (χ2v) is 12.4. The van der Waals surface area contributed by atoms with E-state index >= 15 is 0 Å². The molecule has 1 amide bonds. The van der Waals surface area contributed by atoms with E-state index in [1.54, 1.807) is 54.5 Å². The van der Waals surface area contributed by atoms with Gasteiger partial charge in [0.2, 0.25) is 5.91 Å². The highest BCUT2D eigenvalue weighted by molar-refractivity contribution is 7.48. The molecule has 0 aromatic heterocycles. The minimum absolute atomic E-state index is 0.0432. The lowest BCUT2D eigenvalue weighted by Gasteiger charge is -2.30. The van der Waals surface area contributed by atoms with Crippen molar-refractivity contribution in [3.63, 3.8) is 0 Å². The molecule has 1 atom stereocenters. The van der Waals surface area contributed by atoms with Gasteiger partial charge < -0.3 is 10.0 Å². The summed E-state index contributed by atoms with van der Waals surface area (Å²) in [5.41, 5.74) is -0.645. The minimum Gasteiger partial charge on any atom is -0.481 e. The number of carbonyl (C=O) groups excluding carboxylic acids is 1. The summed E-state index contributed by atoms with van der Waals surface area (Å²) in [6.45, 7) is 12.3. The van der Waals surface area contributed by atoms with Gasteiger partial charge in [0.15, 0.2) is 0 Å².